The van der Waals surface area contributed by atoms with Gasteiger partial charge in [-0.05, 0) is 37.8 Å². The molecule has 2 N–H and O–H groups in total. The van der Waals surface area contributed by atoms with E-state index < -0.39 is 0 Å². The summed E-state index contributed by atoms with van der Waals surface area (Å²) >= 11 is 0. The maximum Gasteiger partial charge on any atom is 0.238 e. The molecule has 0 radical (unpaired) electrons. The quantitative estimate of drug-likeness (QED) is 0.733. The Morgan fingerprint density at radius 2 is 1.86 bits per heavy atom. The van der Waals surface area contributed by atoms with Gasteiger partial charge in [-0.15, -0.1) is 0 Å². The molecule has 1 aromatic rings. The largest absolute Gasteiger partial charge is 0.377 e. The van der Waals surface area contributed by atoms with Gasteiger partial charge in [0.05, 0.1) is 19.2 Å². The molecule has 154 valence electrons. The van der Waals surface area contributed by atoms with Crippen LogP contribution in [0.1, 0.15) is 24.0 Å². The predicted octanol–water partition coefficient (Wildman–Crippen LogP) is 1.15. The summed E-state index contributed by atoms with van der Waals surface area (Å²) < 4.78 is 5.56. The smallest absolute Gasteiger partial charge is 0.238 e. The van der Waals surface area contributed by atoms with Crippen LogP contribution in [-0.4, -0.2) is 80.1 Å². The number of hydrogen-bond acceptors (Lipinski definition) is 5. The predicted molar refractivity (Wildman–Crippen MR) is 109 cm³/mol. The summed E-state index contributed by atoms with van der Waals surface area (Å²) in [4.78, 5) is 28.7. The molecule has 0 aliphatic carbocycles. The number of rotatable bonds is 7. The minimum absolute atomic E-state index is 0.00425. The molecule has 0 aromatic heterocycles. The number of anilines is 1. The average molecular weight is 389 g/mol. The van der Waals surface area contributed by atoms with Crippen LogP contribution in [0, 0.1) is 13.8 Å². The molecule has 2 heterocycles. The van der Waals surface area contributed by atoms with Crippen LogP contribution in [0.3, 0.4) is 0 Å². The van der Waals surface area contributed by atoms with E-state index >= 15 is 0 Å². The highest BCUT2D eigenvalue weighted by Gasteiger charge is 2.23. The molecule has 28 heavy (non-hydrogen) atoms. The number of nitrogens with zero attached hydrogens (tertiary/aromatic N) is 2. The molecule has 1 aromatic carbocycles. The van der Waals surface area contributed by atoms with Gasteiger partial charge in [-0.2, -0.15) is 0 Å². The normalized spacial score (nSPS) is 20.4. The average Bonchev–Trinajstić information content (AvgIpc) is 3.19. The van der Waals surface area contributed by atoms with Gasteiger partial charge >= 0.3 is 0 Å². The van der Waals surface area contributed by atoms with Gasteiger partial charge in [0.25, 0.3) is 0 Å². The first kappa shape index (κ1) is 20.8. The van der Waals surface area contributed by atoms with Crippen molar-refractivity contribution in [2.75, 3.05) is 57.7 Å². The zero-order chi connectivity index (χ0) is 19.9. The SMILES string of the molecule is Cc1cccc(C)c1NC(=O)CN1CCN(C(=O)CNCC2CCCO2)CC1. The Balaban J connectivity index is 1.36. The summed E-state index contributed by atoms with van der Waals surface area (Å²) in [6, 6.07) is 5.99. The van der Waals surface area contributed by atoms with E-state index in [1.165, 1.54) is 0 Å². The summed E-state index contributed by atoms with van der Waals surface area (Å²) in [6.45, 7) is 9.05. The van der Waals surface area contributed by atoms with Crippen molar-refractivity contribution in [3.63, 3.8) is 0 Å². The number of aryl methyl sites for hydroxylation is 2. The van der Waals surface area contributed by atoms with E-state index in [9.17, 15) is 9.59 Å². The van der Waals surface area contributed by atoms with Crippen LogP contribution >= 0.6 is 0 Å². The summed E-state index contributed by atoms with van der Waals surface area (Å²) in [6.07, 6.45) is 2.43. The van der Waals surface area contributed by atoms with Gasteiger partial charge in [0.1, 0.15) is 0 Å². The van der Waals surface area contributed by atoms with Gasteiger partial charge in [0.15, 0.2) is 0 Å². The molecule has 2 fully saturated rings. The number of piperazine rings is 1. The van der Waals surface area contributed by atoms with Crippen molar-refractivity contribution in [2.24, 2.45) is 0 Å². The summed E-state index contributed by atoms with van der Waals surface area (Å²) in [7, 11) is 0. The van der Waals surface area contributed by atoms with E-state index in [4.69, 9.17) is 4.74 Å². The minimum Gasteiger partial charge on any atom is -0.377 e. The molecular formula is C21H32N4O3. The first-order chi connectivity index (χ1) is 13.5. The number of carbonyl (C=O) groups is 2. The van der Waals surface area contributed by atoms with Crippen LogP contribution in [0.5, 0.6) is 0 Å². The molecule has 2 aliphatic heterocycles. The van der Waals surface area contributed by atoms with E-state index in [1.54, 1.807) is 0 Å². The second-order valence-electron chi connectivity index (χ2n) is 7.74. The third kappa shape index (κ3) is 5.77. The molecule has 0 saturated carbocycles. The summed E-state index contributed by atoms with van der Waals surface area (Å²) in [5, 5.41) is 6.24. The zero-order valence-corrected chi connectivity index (χ0v) is 17.0. The fourth-order valence-corrected chi connectivity index (χ4v) is 3.81. The fourth-order valence-electron chi connectivity index (χ4n) is 3.81. The second-order valence-corrected chi connectivity index (χ2v) is 7.74. The molecule has 2 saturated heterocycles. The maximum absolute atomic E-state index is 12.4. The van der Waals surface area contributed by atoms with Gasteiger partial charge in [-0.1, -0.05) is 18.2 Å². The molecule has 0 bridgehead atoms. The summed E-state index contributed by atoms with van der Waals surface area (Å²) in [5.74, 6) is 0.119. The number of amides is 2. The molecule has 3 rings (SSSR count). The van der Waals surface area contributed by atoms with Gasteiger partial charge in [-0.3, -0.25) is 14.5 Å². The Morgan fingerprint density at radius 3 is 2.50 bits per heavy atom. The van der Waals surface area contributed by atoms with E-state index in [-0.39, 0.29) is 17.9 Å². The lowest BCUT2D eigenvalue weighted by Gasteiger charge is -2.34. The Kier molecular flexibility index (Phi) is 7.42. The molecule has 0 spiro atoms. The highest BCUT2D eigenvalue weighted by molar-refractivity contribution is 5.93. The number of carbonyl (C=O) groups excluding carboxylic acids is 2. The second kappa shape index (κ2) is 10.0. The number of ether oxygens (including phenoxy) is 1. The van der Waals surface area contributed by atoms with Crippen LogP contribution in [0.15, 0.2) is 18.2 Å². The van der Waals surface area contributed by atoms with Crippen LogP contribution in [0.25, 0.3) is 0 Å². The molecular weight excluding hydrogens is 356 g/mol. The minimum atomic E-state index is -0.00425. The standard InChI is InChI=1S/C21H32N4O3/c1-16-5-3-6-17(2)21(16)23-19(26)15-24-8-10-25(11-9-24)20(27)14-22-13-18-7-4-12-28-18/h3,5-6,18,22H,4,7-15H2,1-2H3,(H,23,26). The Morgan fingerprint density at radius 1 is 1.14 bits per heavy atom. The van der Waals surface area contributed by atoms with E-state index in [0.29, 0.717) is 26.2 Å². The lowest BCUT2D eigenvalue weighted by molar-refractivity contribution is -0.132. The topological polar surface area (TPSA) is 73.9 Å². The van der Waals surface area contributed by atoms with Crippen molar-refractivity contribution in [3.8, 4) is 0 Å². The van der Waals surface area contributed by atoms with Gasteiger partial charge < -0.3 is 20.3 Å². The van der Waals surface area contributed by atoms with Crippen molar-refractivity contribution < 1.29 is 14.3 Å². The Bertz CT molecular complexity index is 660. The molecule has 7 nitrogen and oxygen atoms in total. The first-order valence-electron chi connectivity index (χ1n) is 10.2. The third-order valence-electron chi connectivity index (χ3n) is 5.51. The van der Waals surface area contributed by atoms with Crippen LogP contribution in [0.4, 0.5) is 5.69 Å². The molecule has 2 amide bonds. The van der Waals surface area contributed by atoms with Crippen LogP contribution in [-0.2, 0) is 14.3 Å². The van der Waals surface area contributed by atoms with Crippen molar-refractivity contribution in [3.05, 3.63) is 29.3 Å². The van der Waals surface area contributed by atoms with Crippen molar-refractivity contribution >= 4 is 17.5 Å². The maximum atomic E-state index is 12.4. The monoisotopic (exact) mass is 388 g/mol. The summed E-state index contributed by atoms with van der Waals surface area (Å²) in [5.41, 5.74) is 3.04. The van der Waals surface area contributed by atoms with Crippen LogP contribution < -0.4 is 10.6 Å². The Hall–Kier alpha value is -1.96. The van der Waals surface area contributed by atoms with Crippen LogP contribution in [0.2, 0.25) is 0 Å². The van der Waals surface area contributed by atoms with Gasteiger partial charge in [-0.25, -0.2) is 0 Å². The highest BCUT2D eigenvalue weighted by Crippen LogP contribution is 2.19. The van der Waals surface area contributed by atoms with Gasteiger partial charge in [0.2, 0.25) is 11.8 Å². The van der Waals surface area contributed by atoms with E-state index in [2.05, 4.69) is 15.5 Å². The van der Waals surface area contributed by atoms with Crippen molar-refractivity contribution in [2.45, 2.75) is 32.8 Å². The molecule has 2 aliphatic rings. The first-order valence-corrected chi connectivity index (χ1v) is 10.2. The number of hydrogen-bond donors (Lipinski definition) is 2. The fraction of sp³-hybridized carbons (Fsp3) is 0.619. The third-order valence-corrected chi connectivity index (χ3v) is 5.51. The van der Waals surface area contributed by atoms with E-state index in [1.807, 2.05) is 36.9 Å². The zero-order valence-electron chi connectivity index (χ0n) is 17.0. The number of benzene rings is 1. The Labute approximate surface area is 167 Å². The molecule has 1 atom stereocenters. The lowest BCUT2D eigenvalue weighted by Crippen LogP contribution is -2.52. The van der Waals surface area contributed by atoms with Crippen molar-refractivity contribution in [1.29, 1.82) is 0 Å². The van der Waals surface area contributed by atoms with Crippen molar-refractivity contribution in [1.82, 2.24) is 15.1 Å². The molecule has 1 unspecified atom stereocenters. The van der Waals surface area contributed by atoms with Gasteiger partial charge in [0, 0.05) is 45.0 Å². The van der Waals surface area contributed by atoms with E-state index in [0.717, 1.165) is 55.9 Å². The number of para-hydroxylation sites is 1. The lowest BCUT2D eigenvalue weighted by atomic mass is 10.1. The number of nitrogens with one attached hydrogen (secondary N) is 2. The molecule has 7 heteroatoms. The highest BCUT2D eigenvalue weighted by atomic mass is 16.5.